The highest BCUT2D eigenvalue weighted by atomic mass is 16.5. The van der Waals surface area contributed by atoms with Gasteiger partial charge in [0.1, 0.15) is 0 Å². The molecule has 42 heavy (non-hydrogen) atoms. The lowest BCUT2D eigenvalue weighted by Gasteiger charge is -2.26. The second kappa shape index (κ2) is 15.2. The second-order valence-electron chi connectivity index (χ2n) is 12.0. The van der Waals surface area contributed by atoms with Crippen molar-refractivity contribution in [2.24, 2.45) is 11.8 Å². The minimum Gasteiger partial charge on any atom is -0.379 e. The molecule has 2 heterocycles. The molecule has 9 heteroatoms. The van der Waals surface area contributed by atoms with Crippen LogP contribution in [0.25, 0.3) is 11.0 Å². The van der Waals surface area contributed by atoms with E-state index in [1.807, 2.05) is 35.2 Å². The standard InChI is InChI=1S/C33H48N6O3/c1-24(2)13-17-38(18-14-25(3)4)32(41)27-9-12-29-30(23-27)39(16-6-15-37-19-21-42-22-20-37)33(36-29)35-28-10-7-26(8-11-28)31(40)34-5/h7-12,23-25H,6,13-22H2,1-5H3,(H,34,40)(H,35,36). The Balaban J connectivity index is 1.61. The van der Waals surface area contributed by atoms with Gasteiger partial charge in [-0.05, 0) is 73.6 Å². The highest BCUT2D eigenvalue weighted by molar-refractivity contribution is 5.98. The van der Waals surface area contributed by atoms with Crippen LogP contribution in [0.5, 0.6) is 0 Å². The number of ether oxygens (including phenoxy) is 1. The van der Waals surface area contributed by atoms with Gasteiger partial charge in [-0.25, -0.2) is 4.98 Å². The van der Waals surface area contributed by atoms with Gasteiger partial charge in [0, 0.05) is 63.1 Å². The predicted molar refractivity (Wildman–Crippen MR) is 170 cm³/mol. The molecular formula is C33H48N6O3. The maximum Gasteiger partial charge on any atom is 0.253 e. The van der Waals surface area contributed by atoms with Crippen molar-refractivity contribution < 1.29 is 14.3 Å². The third-order valence-corrected chi connectivity index (χ3v) is 7.83. The summed E-state index contributed by atoms with van der Waals surface area (Å²) in [5, 5.41) is 6.12. The Labute approximate surface area is 250 Å². The van der Waals surface area contributed by atoms with Crippen molar-refractivity contribution in [2.75, 3.05) is 58.3 Å². The lowest BCUT2D eigenvalue weighted by Crippen LogP contribution is -2.37. The summed E-state index contributed by atoms with van der Waals surface area (Å²) in [6, 6.07) is 13.3. The Morgan fingerprint density at radius 2 is 1.57 bits per heavy atom. The SMILES string of the molecule is CNC(=O)c1ccc(Nc2nc3ccc(C(=O)N(CCC(C)C)CCC(C)C)cc3n2CCCN2CCOCC2)cc1. The monoisotopic (exact) mass is 576 g/mol. The molecule has 0 spiro atoms. The molecule has 0 saturated carbocycles. The van der Waals surface area contributed by atoms with Crippen molar-refractivity contribution in [2.45, 2.75) is 53.5 Å². The minimum absolute atomic E-state index is 0.0820. The number of carbonyl (C=O) groups is 2. The first-order valence-electron chi connectivity index (χ1n) is 15.4. The number of carbonyl (C=O) groups excluding carboxylic acids is 2. The summed E-state index contributed by atoms with van der Waals surface area (Å²) in [5.41, 5.74) is 3.94. The van der Waals surface area contributed by atoms with Gasteiger partial charge in [-0.3, -0.25) is 14.5 Å². The number of anilines is 2. The van der Waals surface area contributed by atoms with E-state index in [0.717, 1.165) is 94.4 Å². The van der Waals surface area contributed by atoms with Gasteiger partial charge in [0.25, 0.3) is 11.8 Å². The van der Waals surface area contributed by atoms with Crippen molar-refractivity contribution in [3.63, 3.8) is 0 Å². The minimum atomic E-state index is -0.120. The molecule has 4 rings (SSSR count). The van der Waals surface area contributed by atoms with Gasteiger partial charge < -0.3 is 24.8 Å². The summed E-state index contributed by atoms with van der Waals surface area (Å²) >= 11 is 0. The molecule has 9 nitrogen and oxygen atoms in total. The van der Waals surface area contributed by atoms with E-state index >= 15 is 0 Å². The van der Waals surface area contributed by atoms with Gasteiger partial charge in [0.2, 0.25) is 5.95 Å². The van der Waals surface area contributed by atoms with E-state index in [0.29, 0.717) is 23.0 Å². The highest BCUT2D eigenvalue weighted by Crippen LogP contribution is 2.26. The number of hydrogen-bond acceptors (Lipinski definition) is 6. The normalized spacial score (nSPS) is 14.1. The number of rotatable bonds is 14. The first-order chi connectivity index (χ1) is 20.2. The number of hydrogen-bond donors (Lipinski definition) is 2. The first-order valence-corrected chi connectivity index (χ1v) is 15.4. The summed E-state index contributed by atoms with van der Waals surface area (Å²) in [6.45, 7) is 15.5. The van der Waals surface area contributed by atoms with Gasteiger partial charge >= 0.3 is 0 Å². The van der Waals surface area contributed by atoms with Crippen LogP contribution in [0.4, 0.5) is 11.6 Å². The molecule has 1 aliphatic rings. The molecule has 0 aliphatic carbocycles. The van der Waals surface area contributed by atoms with Crippen LogP contribution >= 0.6 is 0 Å². The largest absolute Gasteiger partial charge is 0.379 e. The summed E-state index contributed by atoms with van der Waals surface area (Å²) in [7, 11) is 1.63. The zero-order valence-corrected chi connectivity index (χ0v) is 26.0. The predicted octanol–water partition coefficient (Wildman–Crippen LogP) is 5.40. The van der Waals surface area contributed by atoms with E-state index in [9.17, 15) is 9.59 Å². The average molecular weight is 577 g/mol. The molecular weight excluding hydrogens is 528 g/mol. The Morgan fingerprint density at radius 1 is 0.929 bits per heavy atom. The molecule has 2 aromatic carbocycles. The number of imidazole rings is 1. The number of morpholine rings is 1. The van der Waals surface area contributed by atoms with Crippen LogP contribution < -0.4 is 10.6 Å². The van der Waals surface area contributed by atoms with Crippen LogP contribution in [-0.2, 0) is 11.3 Å². The Kier molecular flexibility index (Phi) is 11.4. The fourth-order valence-electron chi connectivity index (χ4n) is 5.16. The fraction of sp³-hybridized carbons (Fsp3) is 0.545. The van der Waals surface area contributed by atoms with Crippen LogP contribution in [0.3, 0.4) is 0 Å². The van der Waals surface area contributed by atoms with Gasteiger partial charge in [-0.2, -0.15) is 0 Å². The number of aromatic nitrogens is 2. The van der Waals surface area contributed by atoms with Gasteiger partial charge in [-0.1, -0.05) is 27.7 Å². The molecule has 0 unspecified atom stereocenters. The first kappa shape index (κ1) is 31.5. The van der Waals surface area contributed by atoms with E-state index in [1.165, 1.54) is 0 Å². The van der Waals surface area contributed by atoms with Crippen LogP contribution in [0, 0.1) is 11.8 Å². The molecule has 228 valence electrons. The lowest BCUT2D eigenvalue weighted by atomic mass is 10.1. The average Bonchev–Trinajstić information content (AvgIpc) is 3.33. The van der Waals surface area contributed by atoms with Crippen molar-refractivity contribution in [1.29, 1.82) is 0 Å². The molecule has 1 saturated heterocycles. The van der Waals surface area contributed by atoms with E-state index in [4.69, 9.17) is 9.72 Å². The number of aryl methyl sites for hydroxylation is 1. The molecule has 1 fully saturated rings. The van der Waals surface area contributed by atoms with E-state index in [2.05, 4.69) is 47.8 Å². The molecule has 0 radical (unpaired) electrons. The Hall–Kier alpha value is -3.43. The van der Waals surface area contributed by atoms with Crippen LogP contribution in [0.1, 0.15) is 67.7 Å². The molecule has 0 bridgehead atoms. The molecule has 2 amide bonds. The smallest absolute Gasteiger partial charge is 0.253 e. The van der Waals surface area contributed by atoms with Crippen LogP contribution in [-0.4, -0.2) is 84.2 Å². The van der Waals surface area contributed by atoms with Crippen LogP contribution in [0.15, 0.2) is 42.5 Å². The highest BCUT2D eigenvalue weighted by Gasteiger charge is 2.20. The quantitative estimate of drug-likeness (QED) is 0.267. The number of nitrogens with one attached hydrogen (secondary N) is 2. The Bertz CT molecular complexity index is 1300. The fourth-order valence-corrected chi connectivity index (χ4v) is 5.16. The zero-order valence-electron chi connectivity index (χ0n) is 26.0. The van der Waals surface area contributed by atoms with Gasteiger partial charge in [0.15, 0.2) is 0 Å². The summed E-state index contributed by atoms with van der Waals surface area (Å²) in [6.07, 6.45) is 2.92. The maximum absolute atomic E-state index is 13.8. The molecule has 2 N–H and O–H groups in total. The molecule has 1 aliphatic heterocycles. The number of fused-ring (bicyclic) bond motifs is 1. The number of benzene rings is 2. The summed E-state index contributed by atoms with van der Waals surface area (Å²) < 4.78 is 7.70. The van der Waals surface area contributed by atoms with Crippen LogP contribution in [0.2, 0.25) is 0 Å². The lowest BCUT2D eigenvalue weighted by molar-refractivity contribution is 0.0370. The third kappa shape index (κ3) is 8.55. The van der Waals surface area contributed by atoms with Crippen molar-refractivity contribution >= 4 is 34.5 Å². The number of nitrogens with zero attached hydrogens (tertiary/aromatic N) is 4. The van der Waals surface area contributed by atoms with Gasteiger partial charge in [0.05, 0.1) is 24.2 Å². The van der Waals surface area contributed by atoms with Crippen molar-refractivity contribution in [1.82, 2.24) is 24.7 Å². The summed E-state index contributed by atoms with van der Waals surface area (Å²) in [4.78, 5) is 35.2. The molecule has 3 aromatic rings. The third-order valence-electron chi connectivity index (χ3n) is 7.83. The topological polar surface area (TPSA) is 91.7 Å². The Morgan fingerprint density at radius 3 is 2.19 bits per heavy atom. The zero-order chi connectivity index (χ0) is 30.1. The molecule has 0 atom stereocenters. The number of amides is 2. The van der Waals surface area contributed by atoms with E-state index < -0.39 is 0 Å². The second-order valence-corrected chi connectivity index (χ2v) is 12.0. The van der Waals surface area contributed by atoms with E-state index in [1.54, 1.807) is 19.2 Å². The van der Waals surface area contributed by atoms with E-state index in [-0.39, 0.29) is 11.8 Å². The molecule has 1 aromatic heterocycles. The van der Waals surface area contributed by atoms with Gasteiger partial charge in [-0.15, -0.1) is 0 Å². The van der Waals surface area contributed by atoms with Crippen molar-refractivity contribution in [3.05, 3.63) is 53.6 Å². The maximum atomic E-state index is 13.8. The van der Waals surface area contributed by atoms with Crippen molar-refractivity contribution in [3.8, 4) is 0 Å². The summed E-state index contributed by atoms with van der Waals surface area (Å²) in [5.74, 6) is 1.76.